The molecule has 1 aliphatic heterocycles. The third kappa shape index (κ3) is 2.09. The van der Waals surface area contributed by atoms with Gasteiger partial charge in [-0.1, -0.05) is 30.3 Å². The van der Waals surface area contributed by atoms with E-state index < -0.39 is 0 Å². The van der Waals surface area contributed by atoms with Crippen LogP contribution in [0.15, 0.2) is 30.3 Å². The van der Waals surface area contributed by atoms with E-state index in [0.29, 0.717) is 12.6 Å². The highest BCUT2D eigenvalue weighted by molar-refractivity contribution is 5.83. The largest absolute Gasteiger partial charge is 0.363 e. The van der Waals surface area contributed by atoms with Crippen molar-refractivity contribution in [3.05, 3.63) is 35.9 Å². The lowest BCUT2D eigenvalue weighted by molar-refractivity contribution is -0.133. The highest BCUT2D eigenvalue weighted by atomic mass is 16.6. The Morgan fingerprint density at radius 2 is 2.00 bits per heavy atom. The van der Waals surface area contributed by atoms with Crippen LogP contribution in [0, 0.1) is 0 Å². The zero-order valence-corrected chi connectivity index (χ0v) is 9.13. The van der Waals surface area contributed by atoms with Gasteiger partial charge in [0.25, 0.3) is 5.91 Å². The number of carbonyl (C=O) groups is 1. The summed E-state index contributed by atoms with van der Waals surface area (Å²) in [6, 6.07) is 10.6. The lowest BCUT2D eigenvalue weighted by atomic mass is 10.2. The van der Waals surface area contributed by atoms with Gasteiger partial charge in [-0.15, -0.1) is 0 Å². The minimum atomic E-state index is -0.149. The van der Waals surface area contributed by atoms with E-state index in [1.165, 1.54) is 5.56 Å². The molecule has 1 saturated carbocycles. The van der Waals surface area contributed by atoms with Crippen molar-refractivity contribution in [3.63, 3.8) is 0 Å². The minimum Gasteiger partial charge on any atom is -0.363 e. The van der Waals surface area contributed by atoms with Gasteiger partial charge in [0.15, 0.2) is 6.10 Å². The molecule has 3 heteroatoms. The maximum Gasteiger partial charge on any atom is 0.254 e. The smallest absolute Gasteiger partial charge is 0.254 e. The average Bonchev–Trinajstić information content (AvgIpc) is 3.19. The molecule has 1 atom stereocenters. The number of carbonyl (C=O) groups excluding carboxylic acids is 1. The molecule has 0 radical (unpaired) electrons. The van der Waals surface area contributed by atoms with Gasteiger partial charge in [-0.2, -0.15) is 0 Å². The van der Waals surface area contributed by atoms with Gasteiger partial charge in [-0.05, 0) is 18.4 Å². The molecule has 1 aliphatic carbocycles. The third-order valence-electron chi connectivity index (χ3n) is 3.08. The fourth-order valence-corrected chi connectivity index (χ4v) is 1.93. The second-order valence-corrected chi connectivity index (χ2v) is 4.50. The molecule has 1 unspecified atom stereocenters. The molecule has 0 N–H and O–H groups in total. The van der Waals surface area contributed by atoms with Gasteiger partial charge >= 0.3 is 0 Å². The summed E-state index contributed by atoms with van der Waals surface area (Å²) in [6.45, 7) is 1.33. The van der Waals surface area contributed by atoms with Crippen molar-refractivity contribution in [1.29, 1.82) is 0 Å². The first kappa shape index (κ1) is 9.85. The summed E-state index contributed by atoms with van der Waals surface area (Å²) in [5, 5.41) is 0. The van der Waals surface area contributed by atoms with E-state index in [4.69, 9.17) is 4.74 Å². The topological polar surface area (TPSA) is 32.8 Å². The van der Waals surface area contributed by atoms with Crippen LogP contribution in [0.3, 0.4) is 0 Å². The van der Waals surface area contributed by atoms with E-state index in [1.54, 1.807) is 0 Å². The van der Waals surface area contributed by atoms with Crippen molar-refractivity contribution in [2.45, 2.75) is 31.5 Å². The molecule has 1 aromatic carbocycles. The van der Waals surface area contributed by atoms with E-state index in [1.807, 2.05) is 23.1 Å². The van der Waals surface area contributed by atoms with Crippen molar-refractivity contribution in [2.24, 2.45) is 0 Å². The summed E-state index contributed by atoms with van der Waals surface area (Å²) in [4.78, 5) is 14.0. The highest BCUT2D eigenvalue weighted by Crippen LogP contribution is 2.30. The first-order chi connectivity index (χ1) is 7.84. The molecule has 84 valence electrons. The Labute approximate surface area is 95.0 Å². The lowest BCUT2D eigenvalue weighted by Crippen LogP contribution is -2.35. The summed E-state index contributed by atoms with van der Waals surface area (Å²) in [5.41, 5.74) is 1.20. The van der Waals surface area contributed by atoms with Crippen molar-refractivity contribution in [3.8, 4) is 0 Å². The van der Waals surface area contributed by atoms with E-state index >= 15 is 0 Å². The standard InChI is InChI=1S/C13H15NO2/c15-13(12-9-16-12)14(11-6-7-11)8-10-4-2-1-3-5-10/h1-5,11-12H,6-9H2. The molecule has 1 aromatic rings. The average molecular weight is 217 g/mol. The Morgan fingerprint density at radius 1 is 1.31 bits per heavy atom. The zero-order chi connectivity index (χ0) is 11.0. The SMILES string of the molecule is O=C(C1CO1)N(Cc1ccccc1)C1CC1. The van der Waals surface area contributed by atoms with Crippen LogP contribution in [-0.2, 0) is 16.1 Å². The molecule has 1 heterocycles. The molecule has 3 rings (SSSR count). The van der Waals surface area contributed by atoms with Crippen molar-refractivity contribution >= 4 is 5.91 Å². The summed E-state index contributed by atoms with van der Waals surface area (Å²) >= 11 is 0. The fraction of sp³-hybridized carbons (Fsp3) is 0.462. The van der Waals surface area contributed by atoms with Crippen LogP contribution in [-0.4, -0.2) is 29.6 Å². The lowest BCUT2D eigenvalue weighted by Gasteiger charge is -2.21. The Morgan fingerprint density at radius 3 is 2.56 bits per heavy atom. The van der Waals surface area contributed by atoms with E-state index in [-0.39, 0.29) is 12.0 Å². The number of rotatable bonds is 4. The number of amides is 1. The van der Waals surface area contributed by atoms with Crippen LogP contribution in [0.4, 0.5) is 0 Å². The summed E-state index contributed by atoms with van der Waals surface area (Å²) in [7, 11) is 0. The van der Waals surface area contributed by atoms with Crippen LogP contribution in [0.5, 0.6) is 0 Å². The zero-order valence-electron chi connectivity index (χ0n) is 9.13. The van der Waals surface area contributed by atoms with Gasteiger partial charge in [0, 0.05) is 12.6 Å². The van der Waals surface area contributed by atoms with E-state index in [2.05, 4.69) is 12.1 Å². The number of benzene rings is 1. The van der Waals surface area contributed by atoms with Gasteiger partial charge in [0.1, 0.15) is 0 Å². The van der Waals surface area contributed by atoms with Crippen LogP contribution < -0.4 is 0 Å². The molecule has 2 aliphatic rings. The second kappa shape index (κ2) is 3.91. The van der Waals surface area contributed by atoms with Gasteiger partial charge in [-0.25, -0.2) is 0 Å². The number of epoxide rings is 1. The number of nitrogens with zero attached hydrogens (tertiary/aromatic N) is 1. The molecule has 1 amide bonds. The predicted molar refractivity (Wildman–Crippen MR) is 59.8 cm³/mol. The Bertz CT molecular complexity index is 382. The first-order valence-electron chi connectivity index (χ1n) is 5.80. The summed E-state index contributed by atoms with van der Waals surface area (Å²) in [5.74, 6) is 0.173. The summed E-state index contributed by atoms with van der Waals surface area (Å²) in [6.07, 6.45) is 2.14. The van der Waals surface area contributed by atoms with Gasteiger partial charge in [-0.3, -0.25) is 4.79 Å². The molecular weight excluding hydrogens is 202 g/mol. The van der Waals surface area contributed by atoms with Crippen LogP contribution in [0.2, 0.25) is 0 Å². The van der Waals surface area contributed by atoms with Crippen LogP contribution >= 0.6 is 0 Å². The molecule has 1 saturated heterocycles. The Hall–Kier alpha value is -1.35. The van der Waals surface area contributed by atoms with Gasteiger partial charge in [0.2, 0.25) is 0 Å². The molecular formula is C13H15NO2. The molecule has 2 fully saturated rings. The van der Waals surface area contributed by atoms with Crippen molar-refractivity contribution in [1.82, 2.24) is 4.90 Å². The number of ether oxygens (including phenoxy) is 1. The maximum absolute atomic E-state index is 12.0. The number of hydrogen-bond acceptors (Lipinski definition) is 2. The quantitative estimate of drug-likeness (QED) is 0.717. The maximum atomic E-state index is 12.0. The fourth-order valence-electron chi connectivity index (χ4n) is 1.93. The molecule has 0 bridgehead atoms. The molecule has 3 nitrogen and oxygen atoms in total. The van der Waals surface area contributed by atoms with Crippen LogP contribution in [0.25, 0.3) is 0 Å². The molecule has 16 heavy (non-hydrogen) atoms. The van der Waals surface area contributed by atoms with Crippen molar-refractivity contribution in [2.75, 3.05) is 6.61 Å². The Balaban J connectivity index is 1.71. The molecule has 0 aromatic heterocycles. The normalized spacial score (nSPS) is 22.9. The van der Waals surface area contributed by atoms with Crippen molar-refractivity contribution < 1.29 is 9.53 Å². The van der Waals surface area contributed by atoms with Crippen LogP contribution in [0.1, 0.15) is 18.4 Å². The monoisotopic (exact) mass is 217 g/mol. The molecule has 0 spiro atoms. The second-order valence-electron chi connectivity index (χ2n) is 4.50. The first-order valence-corrected chi connectivity index (χ1v) is 5.80. The number of hydrogen-bond donors (Lipinski definition) is 0. The van der Waals surface area contributed by atoms with Gasteiger partial charge < -0.3 is 9.64 Å². The van der Waals surface area contributed by atoms with E-state index in [9.17, 15) is 4.79 Å². The van der Waals surface area contributed by atoms with E-state index in [0.717, 1.165) is 19.4 Å². The highest BCUT2D eigenvalue weighted by Gasteiger charge is 2.41. The predicted octanol–water partition coefficient (Wildman–Crippen LogP) is 1.58. The minimum absolute atomic E-state index is 0.149. The van der Waals surface area contributed by atoms with Gasteiger partial charge in [0.05, 0.1) is 6.61 Å². The summed E-state index contributed by atoms with van der Waals surface area (Å²) < 4.78 is 5.08. The third-order valence-corrected chi connectivity index (χ3v) is 3.08. The Kier molecular flexibility index (Phi) is 2.40.